The SMILES string of the molecule is O=C(O)c1ccc(-c2nnc(-c3cnc4ccccc4c3)o2)cc1. The summed E-state index contributed by atoms with van der Waals surface area (Å²) in [6.45, 7) is 0. The fraction of sp³-hybridized carbons (Fsp3) is 0. The highest BCUT2D eigenvalue weighted by Crippen LogP contribution is 2.25. The van der Waals surface area contributed by atoms with Crippen LogP contribution in [-0.2, 0) is 0 Å². The zero-order valence-electron chi connectivity index (χ0n) is 12.4. The molecule has 0 saturated heterocycles. The first kappa shape index (κ1) is 14.1. The van der Waals surface area contributed by atoms with E-state index in [2.05, 4.69) is 15.2 Å². The van der Waals surface area contributed by atoms with Crippen molar-refractivity contribution in [2.45, 2.75) is 0 Å². The van der Waals surface area contributed by atoms with Crippen molar-refractivity contribution < 1.29 is 14.3 Å². The molecule has 0 aliphatic carbocycles. The van der Waals surface area contributed by atoms with E-state index >= 15 is 0 Å². The number of rotatable bonds is 3. The van der Waals surface area contributed by atoms with Crippen LogP contribution in [0.3, 0.4) is 0 Å². The summed E-state index contributed by atoms with van der Waals surface area (Å²) in [6, 6.07) is 16.0. The van der Waals surface area contributed by atoms with Gasteiger partial charge in [-0.3, -0.25) is 4.98 Å². The minimum atomic E-state index is -0.977. The predicted octanol–water partition coefficient (Wildman–Crippen LogP) is 3.65. The number of fused-ring (bicyclic) bond motifs is 1. The van der Waals surface area contributed by atoms with E-state index < -0.39 is 5.97 Å². The summed E-state index contributed by atoms with van der Waals surface area (Å²) in [4.78, 5) is 15.3. The van der Waals surface area contributed by atoms with E-state index in [-0.39, 0.29) is 5.56 Å². The molecule has 2 aromatic heterocycles. The quantitative estimate of drug-likeness (QED) is 0.620. The summed E-state index contributed by atoms with van der Waals surface area (Å²) in [5.41, 5.74) is 2.49. The highest BCUT2D eigenvalue weighted by atomic mass is 16.4. The average Bonchev–Trinajstić information content (AvgIpc) is 3.11. The maximum absolute atomic E-state index is 10.9. The van der Waals surface area contributed by atoms with Crippen molar-refractivity contribution in [1.29, 1.82) is 0 Å². The number of carboxylic acids is 1. The number of benzene rings is 2. The number of aromatic nitrogens is 3. The molecule has 2 aromatic carbocycles. The van der Waals surface area contributed by atoms with E-state index in [1.54, 1.807) is 18.3 Å². The highest BCUT2D eigenvalue weighted by molar-refractivity contribution is 5.88. The first-order valence-corrected chi connectivity index (χ1v) is 7.23. The van der Waals surface area contributed by atoms with Gasteiger partial charge in [-0.1, -0.05) is 18.2 Å². The summed E-state index contributed by atoms with van der Waals surface area (Å²) in [7, 11) is 0. The minimum Gasteiger partial charge on any atom is -0.478 e. The summed E-state index contributed by atoms with van der Waals surface area (Å²) in [5, 5.41) is 18.0. The molecule has 0 bridgehead atoms. The fourth-order valence-corrected chi connectivity index (χ4v) is 2.40. The molecule has 0 radical (unpaired) electrons. The van der Waals surface area contributed by atoms with E-state index in [9.17, 15) is 4.79 Å². The molecular weight excluding hydrogens is 306 g/mol. The van der Waals surface area contributed by atoms with Gasteiger partial charge >= 0.3 is 5.97 Å². The van der Waals surface area contributed by atoms with Gasteiger partial charge in [0.15, 0.2) is 0 Å². The molecule has 0 saturated carbocycles. The van der Waals surface area contributed by atoms with Gasteiger partial charge in [-0.05, 0) is 36.4 Å². The van der Waals surface area contributed by atoms with Crippen LogP contribution in [0, 0.1) is 0 Å². The van der Waals surface area contributed by atoms with E-state index in [1.165, 1.54) is 12.1 Å². The van der Waals surface area contributed by atoms with Crippen LogP contribution in [-0.4, -0.2) is 26.3 Å². The molecule has 4 rings (SSSR count). The van der Waals surface area contributed by atoms with Gasteiger partial charge in [-0.15, -0.1) is 10.2 Å². The molecule has 4 aromatic rings. The van der Waals surface area contributed by atoms with Crippen molar-refractivity contribution in [1.82, 2.24) is 15.2 Å². The van der Waals surface area contributed by atoms with Gasteiger partial charge in [0.05, 0.1) is 16.6 Å². The number of pyridine rings is 1. The molecule has 0 aliphatic rings. The second-order valence-electron chi connectivity index (χ2n) is 5.21. The molecule has 0 aliphatic heterocycles. The lowest BCUT2D eigenvalue weighted by atomic mass is 10.1. The zero-order chi connectivity index (χ0) is 16.5. The van der Waals surface area contributed by atoms with Gasteiger partial charge in [0.1, 0.15) is 0 Å². The number of nitrogens with zero attached hydrogens (tertiary/aromatic N) is 3. The van der Waals surface area contributed by atoms with Crippen molar-refractivity contribution in [2.75, 3.05) is 0 Å². The van der Waals surface area contributed by atoms with Crippen LogP contribution in [0.25, 0.3) is 33.8 Å². The van der Waals surface area contributed by atoms with Crippen molar-refractivity contribution in [3.63, 3.8) is 0 Å². The Morgan fingerprint density at radius 2 is 1.62 bits per heavy atom. The number of hydrogen-bond donors (Lipinski definition) is 1. The first-order valence-electron chi connectivity index (χ1n) is 7.23. The van der Waals surface area contributed by atoms with E-state index in [4.69, 9.17) is 9.52 Å². The Balaban J connectivity index is 1.69. The molecule has 0 unspecified atom stereocenters. The normalized spacial score (nSPS) is 10.8. The van der Waals surface area contributed by atoms with E-state index in [0.717, 1.165) is 16.5 Å². The molecule has 1 N–H and O–H groups in total. The largest absolute Gasteiger partial charge is 0.478 e. The Labute approximate surface area is 136 Å². The van der Waals surface area contributed by atoms with Crippen LogP contribution < -0.4 is 0 Å². The van der Waals surface area contributed by atoms with Gasteiger partial charge in [0, 0.05) is 17.1 Å². The Morgan fingerprint density at radius 1 is 0.917 bits per heavy atom. The van der Waals surface area contributed by atoms with Crippen LogP contribution >= 0.6 is 0 Å². The standard InChI is InChI=1S/C18H11N3O3/c22-18(23)12-7-5-11(6-8-12)16-20-21-17(24-16)14-9-13-3-1-2-4-15(13)19-10-14/h1-10H,(H,22,23). The predicted molar refractivity (Wildman–Crippen MR) is 87.4 cm³/mol. The van der Waals surface area contributed by atoms with Gasteiger partial charge < -0.3 is 9.52 Å². The molecule has 0 fully saturated rings. The van der Waals surface area contributed by atoms with Crippen LogP contribution in [0.4, 0.5) is 0 Å². The molecular formula is C18H11N3O3. The maximum atomic E-state index is 10.9. The average molecular weight is 317 g/mol. The van der Waals surface area contributed by atoms with Crippen LogP contribution in [0.1, 0.15) is 10.4 Å². The topological polar surface area (TPSA) is 89.1 Å². The van der Waals surface area contributed by atoms with E-state index in [0.29, 0.717) is 17.3 Å². The molecule has 0 atom stereocenters. The van der Waals surface area contributed by atoms with Gasteiger partial charge in [-0.2, -0.15) is 0 Å². The second kappa shape index (κ2) is 5.58. The summed E-state index contributed by atoms with van der Waals surface area (Å²) < 4.78 is 5.70. The van der Waals surface area contributed by atoms with Crippen LogP contribution in [0.15, 0.2) is 65.2 Å². The molecule has 0 amide bonds. The number of carbonyl (C=O) groups is 1. The summed E-state index contributed by atoms with van der Waals surface area (Å²) in [5.74, 6) is -0.282. The highest BCUT2D eigenvalue weighted by Gasteiger charge is 2.12. The first-order chi connectivity index (χ1) is 11.7. The number of carboxylic acid groups (broad SMARTS) is 1. The lowest BCUT2D eigenvalue weighted by Crippen LogP contribution is -1.94. The molecule has 6 heteroatoms. The molecule has 24 heavy (non-hydrogen) atoms. The van der Waals surface area contributed by atoms with Crippen LogP contribution in [0.5, 0.6) is 0 Å². The Morgan fingerprint density at radius 3 is 2.38 bits per heavy atom. The summed E-state index contributed by atoms with van der Waals surface area (Å²) >= 11 is 0. The third-order valence-corrected chi connectivity index (χ3v) is 3.64. The number of aromatic carboxylic acids is 1. The monoisotopic (exact) mass is 317 g/mol. The Hall–Kier alpha value is -3.54. The van der Waals surface area contributed by atoms with Crippen molar-refractivity contribution in [3.05, 3.63) is 66.4 Å². The third kappa shape index (κ3) is 2.50. The lowest BCUT2D eigenvalue weighted by Gasteiger charge is -1.99. The van der Waals surface area contributed by atoms with Crippen LogP contribution in [0.2, 0.25) is 0 Å². The molecule has 116 valence electrons. The molecule has 6 nitrogen and oxygen atoms in total. The molecule has 2 heterocycles. The number of para-hydroxylation sites is 1. The lowest BCUT2D eigenvalue weighted by molar-refractivity contribution is 0.0697. The second-order valence-corrected chi connectivity index (χ2v) is 5.21. The van der Waals surface area contributed by atoms with Crippen molar-refractivity contribution in [3.8, 4) is 22.9 Å². The fourth-order valence-electron chi connectivity index (χ4n) is 2.40. The van der Waals surface area contributed by atoms with Crippen molar-refractivity contribution in [2.24, 2.45) is 0 Å². The molecule has 0 spiro atoms. The van der Waals surface area contributed by atoms with Gasteiger partial charge in [0.2, 0.25) is 11.8 Å². The zero-order valence-corrected chi connectivity index (χ0v) is 12.4. The Bertz CT molecular complexity index is 1040. The van der Waals surface area contributed by atoms with E-state index in [1.807, 2.05) is 30.3 Å². The van der Waals surface area contributed by atoms with Gasteiger partial charge in [-0.25, -0.2) is 4.79 Å². The van der Waals surface area contributed by atoms with Gasteiger partial charge in [0.25, 0.3) is 0 Å². The minimum absolute atomic E-state index is 0.206. The summed E-state index contributed by atoms with van der Waals surface area (Å²) in [6.07, 6.45) is 1.69. The smallest absolute Gasteiger partial charge is 0.335 e. The maximum Gasteiger partial charge on any atom is 0.335 e. The Kier molecular flexibility index (Phi) is 3.28. The van der Waals surface area contributed by atoms with Crippen molar-refractivity contribution >= 4 is 16.9 Å². The number of hydrogen-bond acceptors (Lipinski definition) is 5. The third-order valence-electron chi connectivity index (χ3n) is 3.64.